The Morgan fingerprint density at radius 1 is 1.21 bits per heavy atom. The van der Waals surface area contributed by atoms with Crippen molar-refractivity contribution in [2.24, 2.45) is 10.9 Å². The first-order valence-electron chi connectivity index (χ1n) is 9.09. The minimum Gasteiger partial charge on any atom is -0.359 e. The fourth-order valence-corrected chi connectivity index (χ4v) is 3.06. The minimum absolute atomic E-state index is 0. The van der Waals surface area contributed by atoms with E-state index in [-0.39, 0.29) is 24.0 Å². The largest absolute Gasteiger partial charge is 0.359 e. The van der Waals surface area contributed by atoms with Gasteiger partial charge in [-0.15, -0.1) is 24.0 Å². The van der Waals surface area contributed by atoms with Crippen molar-refractivity contribution >= 4 is 29.9 Å². The van der Waals surface area contributed by atoms with Gasteiger partial charge >= 0.3 is 0 Å². The van der Waals surface area contributed by atoms with Crippen molar-refractivity contribution < 1.29 is 4.52 Å². The Labute approximate surface area is 163 Å². The Morgan fingerprint density at radius 3 is 2.46 bits per heavy atom. The molecule has 0 radical (unpaired) electrons. The van der Waals surface area contributed by atoms with Gasteiger partial charge in [0, 0.05) is 19.7 Å². The molecule has 0 saturated heterocycles. The van der Waals surface area contributed by atoms with Crippen LogP contribution in [0.3, 0.4) is 0 Å². The monoisotopic (exact) mass is 448 g/mol. The lowest BCUT2D eigenvalue weighted by Crippen LogP contribution is -2.39. The number of guanidine groups is 1. The molecule has 0 atom stereocenters. The van der Waals surface area contributed by atoms with Gasteiger partial charge < -0.3 is 15.2 Å². The number of nitrogens with zero attached hydrogens (tertiary/aromatic N) is 2. The maximum Gasteiger partial charge on any atom is 0.191 e. The topological polar surface area (TPSA) is 62.5 Å². The SMILES string of the molecule is CN=C(NCc1cc(C(C)C)no1)NCC1CCCCCCC1.I. The van der Waals surface area contributed by atoms with Crippen LogP contribution in [0.1, 0.15) is 76.2 Å². The van der Waals surface area contributed by atoms with Crippen molar-refractivity contribution in [2.75, 3.05) is 13.6 Å². The Hall–Kier alpha value is -0.790. The molecular weight excluding hydrogens is 415 g/mol. The normalized spacial score (nSPS) is 17.1. The molecule has 5 nitrogen and oxygen atoms in total. The van der Waals surface area contributed by atoms with Crippen molar-refractivity contribution in [3.63, 3.8) is 0 Å². The zero-order valence-electron chi connectivity index (χ0n) is 15.3. The fraction of sp³-hybridized carbons (Fsp3) is 0.778. The van der Waals surface area contributed by atoms with Gasteiger partial charge in [-0.25, -0.2) is 0 Å². The van der Waals surface area contributed by atoms with E-state index in [4.69, 9.17) is 4.52 Å². The molecule has 0 aliphatic heterocycles. The predicted molar refractivity (Wildman–Crippen MR) is 110 cm³/mol. The Morgan fingerprint density at radius 2 is 1.88 bits per heavy atom. The molecule has 2 N–H and O–H groups in total. The number of hydrogen-bond acceptors (Lipinski definition) is 3. The fourth-order valence-electron chi connectivity index (χ4n) is 3.06. The highest BCUT2D eigenvalue weighted by Crippen LogP contribution is 2.21. The molecule has 0 aromatic carbocycles. The first-order valence-corrected chi connectivity index (χ1v) is 9.09. The number of hydrogen-bond donors (Lipinski definition) is 2. The minimum atomic E-state index is 0. The molecule has 0 unspecified atom stereocenters. The summed E-state index contributed by atoms with van der Waals surface area (Å²) < 4.78 is 5.35. The molecule has 0 bridgehead atoms. The van der Waals surface area contributed by atoms with Crippen LogP contribution in [0.4, 0.5) is 0 Å². The zero-order valence-corrected chi connectivity index (χ0v) is 17.6. The van der Waals surface area contributed by atoms with Gasteiger partial charge in [0.2, 0.25) is 0 Å². The van der Waals surface area contributed by atoms with Crippen LogP contribution in [-0.2, 0) is 6.54 Å². The van der Waals surface area contributed by atoms with E-state index in [2.05, 4.69) is 34.6 Å². The Kier molecular flexibility index (Phi) is 10.4. The maximum atomic E-state index is 5.35. The standard InChI is InChI=1S/C18H32N4O.HI/c1-14(2)17-11-16(23-22-17)13-21-18(19-3)20-12-15-9-7-5-4-6-8-10-15;/h11,14-15H,4-10,12-13H2,1-3H3,(H2,19,20,21);1H. The van der Waals surface area contributed by atoms with Gasteiger partial charge in [0.15, 0.2) is 11.7 Å². The summed E-state index contributed by atoms with van der Waals surface area (Å²) >= 11 is 0. The number of rotatable bonds is 5. The van der Waals surface area contributed by atoms with Crippen molar-refractivity contribution in [2.45, 2.75) is 71.3 Å². The summed E-state index contributed by atoms with van der Waals surface area (Å²) in [6, 6.07) is 2.01. The number of aromatic nitrogens is 1. The predicted octanol–water partition coefficient (Wildman–Crippen LogP) is 4.44. The quantitative estimate of drug-likeness (QED) is 0.397. The van der Waals surface area contributed by atoms with E-state index in [9.17, 15) is 0 Å². The Balaban J connectivity index is 0.00000288. The molecule has 1 heterocycles. The van der Waals surface area contributed by atoms with Crippen LogP contribution in [0.2, 0.25) is 0 Å². The van der Waals surface area contributed by atoms with Crippen LogP contribution >= 0.6 is 24.0 Å². The second-order valence-corrected chi connectivity index (χ2v) is 6.89. The van der Waals surface area contributed by atoms with Crippen molar-refractivity contribution in [3.05, 3.63) is 17.5 Å². The molecule has 138 valence electrons. The molecule has 1 aromatic heterocycles. The van der Waals surface area contributed by atoms with Gasteiger partial charge in [-0.05, 0) is 24.7 Å². The Bertz CT molecular complexity index is 479. The summed E-state index contributed by atoms with van der Waals surface area (Å²) in [6.07, 6.45) is 9.62. The number of nitrogens with one attached hydrogen (secondary N) is 2. The van der Waals surface area contributed by atoms with Crippen LogP contribution in [-0.4, -0.2) is 24.7 Å². The van der Waals surface area contributed by atoms with Crippen molar-refractivity contribution in [1.29, 1.82) is 0 Å². The van der Waals surface area contributed by atoms with Gasteiger partial charge in [-0.2, -0.15) is 0 Å². The molecule has 1 aromatic rings. The first-order chi connectivity index (χ1) is 11.2. The molecule has 2 rings (SSSR count). The number of aliphatic imine (C=N–C) groups is 1. The summed E-state index contributed by atoms with van der Waals surface area (Å²) in [4.78, 5) is 4.30. The highest BCUT2D eigenvalue weighted by atomic mass is 127. The lowest BCUT2D eigenvalue weighted by atomic mass is 9.91. The number of halogens is 1. The average Bonchev–Trinajstić information content (AvgIpc) is 2.98. The van der Waals surface area contributed by atoms with E-state index >= 15 is 0 Å². The first kappa shape index (κ1) is 21.3. The van der Waals surface area contributed by atoms with Gasteiger partial charge in [0.25, 0.3) is 0 Å². The highest BCUT2D eigenvalue weighted by Gasteiger charge is 2.12. The summed E-state index contributed by atoms with van der Waals surface area (Å²) in [7, 11) is 1.81. The van der Waals surface area contributed by atoms with E-state index in [1.165, 1.54) is 44.9 Å². The average molecular weight is 448 g/mol. The third-order valence-electron chi connectivity index (χ3n) is 4.61. The molecule has 1 fully saturated rings. The molecular formula is C18H33IN4O. The summed E-state index contributed by atoms with van der Waals surface area (Å²) in [5.74, 6) is 2.85. The van der Waals surface area contributed by atoms with E-state index in [1.54, 1.807) is 0 Å². The smallest absolute Gasteiger partial charge is 0.191 e. The van der Waals surface area contributed by atoms with E-state index in [0.717, 1.165) is 29.9 Å². The molecule has 6 heteroatoms. The molecule has 0 amide bonds. The summed E-state index contributed by atoms with van der Waals surface area (Å²) in [6.45, 7) is 5.85. The second-order valence-electron chi connectivity index (χ2n) is 6.89. The van der Waals surface area contributed by atoms with Gasteiger partial charge in [-0.1, -0.05) is 51.1 Å². The van der Waals surface area contributed by atoms with E-state index in [1.807, 2.05) is 13.1 Å². The summed E-state index contributed by atoms with van der Waals surface area (Å²) in [5, 5.41) is 10.9. The molecule has 1 saturated carbocycles. The van der Waals surface area contributed by atoms with Crippen LogP contribution < -0.4 is 10.6 Å². The van der Waals surface area contributed by atoms with Crippen LogP contribution in [0.25, 0.3) is 0 Å². The van der Waals surface area contributed by atoms with Crippen LogP contribution in [0, 0.1) is 5.92 Å². The van der Waals surface area contributed by atoms with Gasteiger partial charge in [0.1, 0.15) is 0 Å². The third-order valence-corrected chi connectivity index (χ3v) is 4.61. The second kappa shape index (κ2) is 11.7. The lowest BCUT2D eigenvalue weighted by Gasteiger charge is -2.21. The van der Waals surface area contributed by atoms with Crippen LogP contribution in [0.5, 0.6) is 0 Å². The molecule has 24 heavy (non-hydrogen) atoms. The van der Waals surface area contributed by atoms with Gasteiger partial charge in [-0.3, -0.25) is 4.99 Å². The zero-order chi connectivity index (χ0) is 16.5. The highest BCUT2D eigenvalue weighted by molar-refractivity contribution is 14.0. The lowest BCUT2D eigenvalue weighted by molar-refractivity contribution is 0.368. The molecule has 1 aliphatic rings. The molecule has 1 aliphatic carbocycles. The maximum absolute atomic E-state index is 5.35. The van der Waals surface area contributed by atoms with E-state index < -0.39 is 0 Å². The van der Waals surface area contributed by atoms with Crippen molar-refractivity contribution in [1.82, 2.24) is 15.8 Å². The molecule has 0 spiro atoms. The van der Waals surface area contributed by atoms with Crippen molar-refractivity contribution in [3.8, 4) is 0 Å². The van der Waals surface area contributed by atoms with Crippen LogP contribution in [0.15, 0.2) is 15.6 Å². The van der Waals surface area contributed by atoms with E-state index in [0.29, 0.717) is 12.5 Å². The third kappa shape index (κ3) is 7.40. The summed E-state index contributed by atoms with van der Waals surface area (Å²) in [5.41, 5.74) is 0.999. The van der Waals surface area contributed by atoms with Gasteiger partial charge in [0.05, 0.1) is 12.2 Å².